The second kappa shape index (κ2) is 6.60. The molecule has 0 fully saturated rings. The summed E-state index contributed by atoms with van der Waals surface area (Å²) < 4.78 is 0. The minimum Gasteiger partial charge on any atom is -0.337 e. The Labute approximate surface area is 137 Å². The molecule has 1 aromatic heterocycles. The Morgan fingerprint density at radius 1 is 1.10 bits per heavy atom. The molecule has 1 aromatic carbocycles. The van der Waals surface area contributed by atoms with E-state index in [1.54, 1.807) is 36.2 Å². The minimum absolute atomic E-state index is 0.0359. The Bertz CT molecular complexity index is 697. The predicted octanol–water partition coefficient (Wildman–Crippen LogP) is 4.53. The van der Waals surface area contributed by atoms with Crippen LogP contribution < -0.4 is 0 Å². The third-order valence-corrected chi connectivity index (χ3v) is 4.83. The third-order valence-electron chi connectivity index (χ3n) is 2.91. The number of thiophene rings is 1. The van der Waals surface area contributed by atoms with Crippen LogP contribution in [0.1, 0.15) is 31.8 Å². The zero-order valence-electron chi connectivity index (χ0n) is 11.5. The molecule has 0 spiro atoms. The van der Waals surface area contributed by atoms with E-state index in [0.717, 1.165) is 5.56 Å². The van der Waals surface area contributed by atoms with Crippen LogP contribution in [0.5, 0.6) is 0 Å². The summed E-state index contributed by atoms with van der Waals surface area (Å²) in [5.41, 5.74) is 0.892. The lowest BCUT2D eigenvalue weighted by Gasteiger charge is -2.16. The van der Waals surface area contributed by atoms with E-state index in [4.69, 9.17) is 23.2 Å². The van der Waals surface area contributed by atoms with E-state index in [-0.39, 0.29) is 11.7 Å². The van der Waals surface area contributed by atoms with E-state index < -0.39 is 0 Å². The smallest absolute Gasteiger partial charge is 0.263 e. The van der Waals surface area contributed by atoms with Crippen LogP contribution in [-0.2, 0) is 6.54 Å². The van der Waals surface area contributed by atoms with Crippen molar-refractivity contribution in [1.82, 2.24) is 4.90 Å². The van der Waals surface area contributed by atoms with Gasteiger partial charge in [-0.15, -0.1) is 11.3 Å². The van der Waals surface area contributed by atoms with Crippen molar-refractivity contribution in [2.75, 3.05) is 7.05 Å². The Morgan fingerprint density at radius 2 is 1.76 bits per heavy atom. The summed E-state index contributed by atoms with van der Waals surface area (Å²) in [5, 5.41) is 0.948. The molecule has 110 valence electrons. The number of Topliss-reactive ketones (excluding diaryl/α,β-unsaturated/α-hetero) is 1. The molecule has 6 heteroatoms. The van der Waals surface area contributed by atoms with E-state index in [1.165, 1.54) is 18.3 Å². The number of benzene rings is 1. The molecule has 0 saturated heterocycles. The van der Waals surface area contributed by atoms with E-state index in [9.17, 15) is 9.59 Å². The van der Waals surface area contributed by atoms with Crippen molar-refractivity contribution in [3.63, 3.8) is 0 Å². The number of carbonyl (C=O) groups excluding carboxylic acids is 2. The normalized spacial score (nSPS) is 10.5. The highest BCUT2D eigenvalue weighted by molar-refractivity contribution is 7.15. The highest BCUT2D eigenvalue weighted by Gasteiger charge is 2.16. The predicted molar refractivity (Wildman–Crippen MR) is 86.6 cm³/mol. The zero-order valence-corrected chi connectivity index (χ0v) is 13.9. The van der Waals surface area contributed by atoms with Gasteiger partial charge in [-0.3, -0.25) is 9.59 Å². The van der Waals surface area contributed by atoms with Gasteiger partial charge in [-0.25, -0.2) is 0 Å². The number of rotatable bonds is 4. The number of amides is 1. The SMILES string of the molecule is CC(=O)c1ccc(C(=O)N(C)Cc2ccc(Cl)c(Cl)c2)s1. The summed E-state index contributed by atoms with van der Waals surface area (Å²) in [7, 11) is 1.71. The fourth-order valence-electron chi connectivity index (χ4n) is 1.81. The molecule has 0 bridgehead atoms. The van der Waals surface area contributed by atoms with Gasteiger partial charge in [-0.05, 0) is 36.8 Å². The molecule has 0 radical (unpaired) electrons. The van der Waals surface area contributed by atoms with Crippen molar-refractivity contribution in [1.29, 1.82) is 0 Å². The highest BCUT2D eigenvalue weighted by Crippen LogP contribution is 2.24. The molecule has 1 amide bonds. The first kappa shape index (κ1) is 16.0. The van der Waals surface area contributed by atoms with Gasteiger partial charge in [0.1, 0.15) is 0 Å². The van der Waals surface area contributed by atoms with Gasteiger partial charge < -0.3 is 4.90 Å². The summed E-state index contributed by atoms with van der Waals surface area (Å²) in [4.78, 5) is 26.3. The Hall–Kier alpha value is -1.36. The summed E-state index contributed by atoms with van der Waals surface area (Å²) in [6.07, 6.45) is 0. The summed E-state index contributed by atoms with van der Waals surface area (Å²) in [5.74, 6) is -0.162. The lowest BCUT2D eigenvalue weighted by Crippen LogP contribution is -2.25. The molecule has 21 heavy (non-hydrogen) atoms. The monoisotopic (exact) mass is 341 g/mol. The van der Waals surface area contributed by atoms with Gasteiger partial charge in [0.2, 0.25) is 0 Å². The summed E-state index contributed by atoms with van der Waals surface area (Å²) >= 11 is 13.0. The first-order valence-electron chi connectivity index (χ1n) is 6.18. The van der Waals surface area contributed by atoms with Crippen LogP contribution in [0.3, 0.4) is 0 Å². The number of carbonyl (C=O) groups is 2. The second-order valence-electron chi connectivity index (χ2n) is 4.63. The van der Waals surface area contributed by atoms with Crippen LogP contribution in [0.25, 0.3) is 0 Å². The van der Waals surface area contributed by atoms with Crippen LogP contribution in [-0.4, -0.2) is 23.6 Å². The maximum absolute atomic E-state index is 12.3. The highest BCUT2D eigenvalue weighted by atomic mass is 35.5. The Kier molecular flexibility index (Phi) is 5.04. The van der Waals surface area contributed by atoms with Crippen molar-refractivity contribution in [3.8, 4) is 0 Å². The molecular weight excluding hydrogens is 329 g/mol. The standard InChI is InChI=1S/C15H13Cl2NO2S/c1-9(19)13-5-6-14(21-13)15(20)18(2)8-10-3-4-11(16)12(17)7-10/h3-7H,8H2,1-2H3. The van der Waals surface area contributed by atoms with E-state index in [2.05, 4.69) is 0 Å². The van der Waals surface area contributed by atoms with E-state index in [0.29, 0.717) is 26.3 Å². The van der Waals surface area contributed by atoms with E-state index in [1.807, 2.05) is 6.07 Å². The second-order valence-corrected chi connectivity index (χ2v) is 6.53. The van der Waals surface area contributed by atoms with Crippen LogP contribution >= 0.6 is 34.5 Å². The lowest BCUT2D eigenvalue weighted by atomic mass is 10.2. The maximum atomic E-state index is 12.3. The number of halogens is 2. The molecule has 0 N–H and O–H groups in total. The minimum atomic E-state index is -0.126. The molecule has 0 aliphatic rings. The van der Waals surface area contributed by atoms with Gasteiger partial charge in [0.25, 0.3) is 5.91 Å². The van der Waals surface area contributed by atoms with Crippen LogP contribution in [0.4, 0.5) is 0 Å². The first-order chi connectivity index (χ1) is 9.88. The molecule has 0 unspecified atom stereocenters. The summed E-state index contributed by atoms with van der Waals surface area (Å²) in [6, 6.07) is 8.62. The average Bonchev–Trinajstić information content (AvgIpc) is 2.92. The third kappa shape index (κ3) is 3.84. The fourth-order valence-corrected chi connectivity index (χ4v) is 3.03. The molecule has 3 nitrogen and oxygen atoms in total. The number of hydrogen-bond acceptors (Lipinski definition) is 3. The Morgan fingerprint density at radius 3 is 2.33 bits per heavy atom. The van der Waals surface area contributed by atoms with Crippen molar-refractivity contribution >= 4 is 46.2 Å². The van der Waals surface area contributed by atoms with Crippen molar-refractivity contribution in [2.45, 2.75) is 13.5 Å². The number of nitrogens with zero attached hydrogens (tertiary/aromatic N) is 1. The number of hydrogen-bond donors (Lipinski definition) is 0. The molecule has 2 aromatic rings. The van der Waals surface area contributed by atoms with Crippen LogP contribution in [0, 0.1) is 0 Å². The lowest BCUT2D eigenvalue weighted by molar-refractivity contribution is 0.0789. The van der Waals surface area contributed by atoms with Crippen LogP contribution in [0.15, 0.2) is 30.3 Å². The summed E-state index contributed by atoms with van der Waals surface area (Å²) in [6.45, 7) is 1.91. The molecule has 0 aliphatic carbocycles. The van der Waals surface area contributed by atoms with Gasteiger partial charge in [-0.2, -0.15) is 0 Å². The Balaban J connectivity index is 2.11. The van der Waals surface area contributed by atoms with Crippen molar-refractivity contribution in [3.05, 3.63) is 55.7 Å². The molecule has 0 saturated carbocycles. The van der Waals surface area contributed by atoms with Gasteiger partial charge >= 0.3 is 0 Å². The maximum Gasteiger partial charge on any atom is 0.263 e. The van der Waals surface area contributed by atoms with Gasteiger partial charge in [0.15, 0.2) is 5.78 Å². The van der Waals surface area contributed by atoms with Crippen molar-refractivity contribution < 1.29 is 9.59 Å². The van der Waals surface area contributed by atoms with Crippen LogP contribution in [0.2, 0.25) is 10.0 Å². The van der Waals surface area contributed by atoms with Gasteiger partial charge in [-0.1, -0.05) is 29.3 Å². The molecule has 0 aliphatic heterocycles. The topological polar surface area (TPSA) is 37.4 Å². The zero-order chi connectivity index (χ0) is 15.6. The van der Waals surface area contributed by atoms with Gasteiger partial charge in [0.05, 0.1) is 19.8 Å². The number of ketones is 1. The molecule has 0 atom stereocenters. The van der Waals surface area contributed by atoms with Crippen molar-refractivity contribution in [2.24, 2.45) is 0 Å². The molecule has 2 rings (SSSR count). The fraction of sp³-hybridized carbons (Fsp3) is 0.200. The van der Waals surface area contributed by atoms with Gasteiger partial charge in [0, 0.05) is 13.6 Å². The average molecular weight is 342 g/mol. The quantitative estimate of drug-likeness (QED) is 0.766. The largest absolute Gasteiger partial charge is 0.337 e. The molecular formula is C15H13Cl2NO2S. The first-order valence-corrected chi connectivity index (χ1v) is 7.76. The van der Waals surface area contributed by atoms with E-state index >= 15 is 0 Å². The molecule has 1 heterocycles.